The highest BCUT2D eigenvalue weighted by atomic mass is 16.4. The topological polar surface area (TPSA) is 33.5 Å². The Morgan fingerprint density at radius 3 is 2.81 bits per heavy atom. The van der Waals surface area contributed by atoms with Gasteiger partial charge in [0, 0.05) is 24.0 Å². The van der Waals surface area contributed by atoms with Crippen LogP contribution in [0.3, 0.4) is 0 Å². The number of aryl methyl sites for hydroxylation is 2. The lowest BCUT2D eigenvalue weighted by Crippen LogP contribution is -2.37. The highest BCUT2D eigenvalue weighted by Gasteiger charge is 2.20. The lowest BCUT2D eigenvalue weighted by molar-refractivity contribution is 0.153. The second-order valence-electron chi connectivity index (χ2n) is 6.36. The van der Waals surface area contributed by atoms with Gasteiger partial charge in [0.1, 0.15) is 5.58 Å². The lowest BCUT2D eigenvalue weighted by atomic mass is 10.00. The van der Waals surface area contributed by atoms with Crippen LogP contribution < -0.4 is 5.63 Å². The van der Waals surface area contributed by atoms with E-state index in [1.165, 1.54) is 24.8 Å². The third-order valence-electron chi connectivity index (χ3n) is 4.57. The Balaban J connectivity index is 2.06. The van der Waals surface area contributed by atoms with Gasteiger partial charge in [-0.05, 0) is 62.9 Å². The summed E-state index contributed by atoms with van der Waals surface area (Å²) < 4.78 is 5.43. The van der Waals surface area contributed by atoms with Crippen molar-refractivity contribution in [3.63, 3.8) is 0 Å². The number of nitrogens with zero attached hydrogens (tertiary/aromatic N) is 1. The molecule has 3 rings (SSSR count). The SMILES string of the molecule is Cc1cc(C)c2oc(=O)cc(CN3CCCCC3C)c2c1. The van der Waals surface area contributed by atoms with Crippen molar-refractivity contribution in [2.24, 2.45) is 0 Å². The van der Waals surface area contributed by atoms with Crippen LogP contribution in [0.5, 0.6) is 0 Å². The third-order valence-corrected chi connectivity index (χ3v) is 4.57. The predicted molar refractivity (Wildman–Crippen MR) is 85.7 cm³/mol. The van der Waals surface area contributed by atoms with Crippen LogP contribution in [0.15, 0.2) is 27.4 Å². The van der Waals surface area contributed by atoms with Crippen LogP contribution in [0.1, 0.15) is 42.9 Å². The maximum absolute atomic E-state index is 11.9. The summed E-state index contributed by atoms with van der Waals surface area (Å²) in [6.45, 7) is 8.33. The van der Waals surface area contributed by atoms with Gasteiger partial charge in [-0.1, -0.05) is 12.5 Å². The Labute approximate surface area is 125 Å². The van der Waals surface area contributed by atoms with Crippen LogP contribution in [0.25, 0.3) is 11.0 Å². The fourth-order valence-electron chi connectivity index (χ4n) is 3.42. The molecule has 0 aliphatic carbocycles. The summed E-state index contributed by atoms with van der Waals surface area (Å²) in [5, 5.41) is 1.09. The Bertz CT molecular complexity index is 717. The zero-order valence-electron chi connectivity index (χ0n) is 13.1. The van der Waals surface area contributed by atoms with Crippen molar-refractivity contribution in [2.45, 2.75) is 52.6 Å². The molecule has 1 aliphatic heterocycles. The monoisotopic (exact) mass is 285 g/mol. The predicted octanol–water partition coefficient (Wildman–Crippen LogP) is 3.78. The van der Waals surface area contributed by atoms with Gasteiger partial charge in [-0.2, -0.15) is 0 Å². The first-order valence-corrected chi connectivity index (χ1v) is 7.82. The standard InChI is InChI=1S/C18H23NO2/c1-12-8-13(2)18-16(9-12)15(10-17(20)21-18)11-19-7-5-4-6-14(19)3/h8-10,14H,4-7,11H2,1-3H3. The summed E-state index contributed by atoms with van der Waals surface area (Å²) >= 11 is 0. The first kappa shape index (κ1) is 14.3. The van der Waals surface area contributed by atoms with Gasteiger partial charge in [0.2, 0.25) is 0 Å². The van der Waals surface area contributed by atoms with Crippen LogP contribution in [-0.2, 0) is 6.54 Å². The molecular formula is C18H23NO2. The number of benzene rings is 1. The molecule has 1 aromatic carbocycles. The highest BCUT2D eigenvalue weighted by molar-refractivity contribution is 5.83. The Hall–Kier alpha value is -1.61. The van der Waals surface area contributed by atoms with E-state index in [9.17, 15) is 4.79 Å². The number of fused-ring (bicyclic) bond motifs is 1. The van der Waals surface area contributed by atoms with Crippen molar-refractivity contribution < 1.29 is 4.42 Å². The minimum atomic E-state index is -0.242. The normalized spacial score (nSPS) is 20.0. The molecule has 3 nitrogen and oxygen atoms in total. The number of piperidine rings is 1. The average Bonchev–Trinajstić information content (AvgIpc) is 2.42. The molecular weight excluding hydrogens is 262 g/mol. The summed E-state index contributed by atoms with van der Waals surface area (Å²) in [6.07, 6.45) is 3.81. The van der Waals surface area contributed by atoms with Gasteiger partial charge in [-0.25, -0.2) is 4.79 Å². The second-order valence-corrected chi connectivity index (χ2v) is 6.36. The molecule has 0 radical (unpaired) electrons. The van der Waals surface area contributed by atoms with Gasteiger partial charge >= 0.3 is 5.63 Å². The minimum Gasteiger partial charge on any atom is -0.422 e. The lowest BCUT2D eigenvalue weighted by Gasteiger charge is -2.33. The maximum atomic E-state index is 11.9. The van der Waals surface area contributed by atoms with E-state index in [1.54, 1.807) is 6.07 Å². The molecule has 21 heavy (non-hydrogen) atoms. The number of rotatable bonds is 2. The Morgan fingerprint density at radius 1 is 1.24 bits per heavy atom. The number of hydrogen-bond acceptors (Lipinski definition) is 3. The summed E-state index contributed by atoms with van der Waals surface area (Å²) in [7, 11) is 0. The zero-order valence-corrected chi connectivity index (χ0v) is 13.1. The van der Waals surface area contributed by atoms with Gasteiger partial charge < -0.3 is 4.42 Å². The molecule has 2 aromatic rings. The van der Waals surface area contributed by atoms with Crippen molar-refractivity contribution in [3.8, 4) is 0 Å². The van der Waals surface area contributed by atoms with E-state index in [4.69, 9.17) is 4.42 Å². The van der Waals surface area contributed by atoms with Gasteiger partial charge in [0.15, 0.2) is 0 Å². The quantitative estimate of drug-likeness (QED) is 0.787. The molecule has 112 valence electrons. The van der Waals surface area contributed by atoms with Crippen molar-refractivity contribution in [3.05, 3.63) is 45.3 Å². The van der Waals surface area contributed by atoms with Crippen molar-refractivity contribution in [1.82, 2.24) is 4.90 Å². The summed E-state index contributed by atoms with van der Waals surface area (Å²) in [5.74, 6) is 0. The van der Waals surface area contributed by atoms with Crippen LogP contribution in [0.2, 0.25) is 0 Å². The summed E-state index contributed by atoms with van der Waals surface area (Å²) in [6, 6.07) is 6.46. The molecule has 3 heteroatoms. The third kappa shape index (κ3) is 2.88. The molecule has 1 aromatic heterocycles. The summed E-state index contributed by atoms with van der Waals surface area (Å²) in [5.41, 5.74) is 3.85. The Morgan fingerprint density at radius 2 is 2.05 bits per heavy atom. The van der Waals surface area contributed by atoms with Crippen LogP contribution in [-0.4, -0.2) is 17.5 Å². The fourth-order valence-corrected chi connectivity index (χ4v) is 3.42. The van der Waals surface area contributed by atoms with Crippen LogP contribution >= 0.6 is 0 Å². The molecule has 1 atom stereocenters. The first-order chi connectivity index (χ1) is 10.0. The second kappa shape index (κ2) is 5.64. The maximum Gasteiger partial charge on any atom is 0.336 e. The van der Waals surface area contributed by atoms with Gasteiger partial charge in [-0.3, -0.25) is 4.90 Å². The molecule has 1 aliphatic rings. The molecule has 0 N–H and O–H groups in total. The van der Waals surface area contributed by atoms with Crippen molar-refractivity contribution in [1.29, 1.82) is 0 Å². The molecule has 1 fully saturated rings. The molecule has 2 heterocycles. The largest absolute Gasteiger partial charge is 0.422 e. The Kier molecular flexibility index (Phi) is 3.85. The number of likely N-dealkylation sites (tertiary alicyclic amines) is 1. The average molecular weight is 285 g/mol. The molecule has 0 amide bonds. The molecule has 0 spiro atoms. The van der Waals surface area contributed by atoms with Gasteiger partial charge in [-0.15, -0.1) is 0 Å². The van der Waals surface area contributed by atoms with Crippen molar-refractivity contribution >= 4 is 11.0 Å². The van der Waals surface area contributed by atoms with E-state index >= 15 is 0 Å². The zero-order chi connectivity index (χ0) is 15.0. The van der Waals surface area contributed by atoms with E-state index in [2.05, 4.69) is 30.9 Å². The van der Waals surface area contributed by atoms with Gasteiger partial charge in [0.05, 0.1) is 0 Å². The van der Waals surface area contributed by atoms with Gasteiger partial charge in [0.25, 0.3) is 0 Å². The number of hydrogen-bond donors (Lipinski definition) is 0. The van der Waals surface area contributed by atoms with Crippen LogP contribution in [0.4, 0.5) is 0 Å². The first-order valence-electron chi connectivity index (χ1n) is 7.82. The van der Waals surface area contributed by atoms with E-state index in [0.29, 0.717) is 6.04 Å². The van der Waals surface area contributed by atoms with Crippen LogP contribution in [0, 0.1) is 13.8 Å². The van der Waals surface area contributed by atoms with E-state index in [-0.39, 0.29) is 5.63 Å². The fraction of sp³-hybridized carbons (Fsp3) is 0.500. The molecule has 0 saturated carbocycles. The summed E-state index contributed by atoms with van der Waals surface area (Å²) in [4.78, 5) is 14.4. The minimum absolute atomic E-state index is 0.242. The molecule has 1 unspecified atom stereocenters. The smallest absolute Gasteiger partial charge is 0.336 e. The highest BCUT2D eigenvalue weighted by Crippen LogP contribution is 2.26. The molecule has 0 bridgehead atoms. The molecule has 1 saturated heterocycles. The van der Waals surface area contributed by atoms with E-state index < -0.39 is 0 Å². The van der Waals surface area contributed by atoms with E-state index in [0.717, 1.165) is 35.2 Å². The van der Waals surface area contributed by atoms with Crippen molar-refractivity contribution in [2.75, 3.05) is 6.54 Å². The van der Waals surface area contributed by atoms with E-state index in [1.807, 2.05) is 6.92 Å².